The van der Waals surface area contributed by atoms with Crippen LogP contribution in [0.25, 0.3) is 22.3 Å². The van der Waals surface area contributed by atoms with E-state index in [4.69, 9.17) is 9.47 Å². The Hall–Kier alpha value is -5.10. The van der Waals surface area contributed by atoms with E-state index in [2.05, 4.69) is 172 Å². The summed E-state index contributed by atoms with van der Waals surface area (Å²) >= 11 is 1.76. The third kappa shape index (κ3) is 12.0. The van der Waals surface area contributed by atoms with Crippen LogP contribution in [0, 0.1) is 0 Å². The number of rotatable bonds is 17. The average Bonchev–Trinajstić information content (AvgIpc) is 3.28. The van der Waals surface area contributed by atoms with Crippen molar-refractivity contribution in [3.05, 3.63) is 152 Å². The summed E-state index contributed by atoms with van der Waals surface area (Å²) in [5, 5.41) is -7.11. The zero-order valence-electron chi connectivity index (χ0n) is 35.0. The molecule has 6 aromatic carbocycles. The summed E-state index contributed by atoms with van der Waals surface area (Å²) in [7, 11) is -7.79. The maximum Gasteiger partial charge on any atom is 0.460 e. The number of unbranched alkanes of at least 4 members (excludes halogenated alkanes) is 1. The highest BCUT2D eigenvalue weighted by molar-refractivity contribution is 7.99. The van der Waals surface area contributed by atoms with Gasteiger partial charge in [0.05, 0.1) is 28.5 Å². The van der Waals surface area contributed by atoms with E-state index >= 15 is 0 Å². The number of alkyl halides is 9. The van der Waals surface area contributed by atoms with Crippen molar-refractivity contribution in [1.29, 1.82) is 0 Å². The molecule has 2 unspecified atom stereocenters. The average molecular weight is 967 g/mol. The van der Waals surface area contributed by atoms with Gasteiger partial charge >= 0.3 is 23.3 Å². The molecule has 0 aromatic heterocycles. The highest BCUT2D eigenvalue weighted by Gasteiger charge is 2.83. The first-order chi connectivity index (χ1) is 30.6. The van der Waals surface area contributed by atoms with Crippen LogP contribution in [0.15, 0.2) is 176 Å². The molecule has 0 radical (unpaired) electrons. The molecule has 0 bridgehead atoms. The Labute approximate surface area is 379 Å². The standard InChI is InChI=1S/C44H43O2S2.C4HF9O3S/c1-4-6-30-45-43-32-40(27-29-44(43)47-37-24-22-35(23-25-37)34-16-10-7-11-17-34)48(38-20-14-9-15-21-38)39-26-28-41(36-18-12-8-13-19-36)42(31-39)46-33(3)5-2;5-1(6,3(9,10)11)2(7,8)4(12,13)17(14,15)16/h7-29,31-33H,4-6,30H2,1-3H3;(H,14,15,16)/q+1;/p-1. The van der Waals surface area contributed by atoms with Gasteiger partial charge in [-0.1, -0.05) is 123 Å². The van der Waals surface area contributed by atoms with Gasteiger partial charge < -0.3 is 14.0 Å². The predicted molar refractivity (Wildman–Crippen MR) is 234 cm³/mol. The predicted octanol–water partition coefficient (Wildman–Crippen LogP) is 14.6. The van der Waals surface area contributed by atoms with Gasteiger partial charge in [-0.05, 0) is 85.0 Å². The molecule has 17 heteroatoms. The molecular weight excluding hydrogens is 924 g/mol. The third-order valence-corrected chi connectivity index (χ3v) is 13.8. The smallest absolute Gasteiger partial charge is 0.460 e. The number of ether oxygens (including phenoxy) is 2. The second-order valence-corrected chi connectivity index (χ2v) is 19.0. The molecule has 0 aliphatic carbocycles. The molecule has 65 heavy (non-hydrogen) atoms. The van der Waals surface area contributed by atoms with Crippen LogP contribution >= 0.6 is 11.8 Å². The molecule has 6 rings (SSSR count). The van der Waals surface area contributed by atoms with Crippen molar-refractivity contribution in [2.45, 2.75) is 93.9 Å². The molecule has 0 N–H and O–H groups in total. The first-order valence-electron chi connectivity index (χ1n) is 20.0. The van der Waals surface area contributed by atoms with Gasteiger partial charge in [-0.2, -0.15) is 39.5 Å². The van der Waals surface area contributed by atoms with Gasteiger partial charge in [0.1, 0.15) is 11.5 Å². The summed E-state index contributed by atoms with van der Waals surface area (Å²) < 4.78 is 149. The molecule has 0 saturated carbocycles. The van der Waals surface area contributed by atoms with Gasteiger partial charge in [0.25, 0.3) is 0 Å². The zero-order chi connectivity index (χ0) is 47.6. The van der Waals surface area contributed by atoms with Crippen LogP contribution in [0.2, 0.25) is 0 Å². The normalized spacial score (nSPS) is 13.3. The molecule has 0 aliphatic heterocycles. The largest absolute Gasteiger partial charge is 0.743 e. The fourth-order valence-electron chi connectivity index (χ4n) is 5.98. The first-order valence-corrected chi connectivity index (χ1v) is 23.5. The van der Waals surface area contributed by atoms with E-state index in [1.54, 1.807) is 11.8 Å². The second kappa shape index (κ2) is 21.5. The molecule has 346 valence electrons. The van der Waals surface area contributed by atoms with Crippen LogP contribution in [-0.2, 0) is 21.0 Å². The number of halogens is 9. The lowest BCUT2D eigenvalue weighted by molar-refractivity contribution is -0.382. The van der Waals surface area contributed by atoms with Gasteiger partial charge in [0.2, 0.25) is 0 Å². The minimum absolute atomic E-state index is 0.109. The van der Waals surface area contributed by atoms with E-state index in [0.717, 1.165) is 46.8 Å². The van der Waals surface area contributed by atoms with Crippen molar-refractivity contribution in [3.8, 4) is 33.8 Å². The molecule has 6 aromatic rings. The summed E-state index contributed by atoms with van der Waals surface area (Å²) in [6.07, 6.45) is -4.01. The Balaban J connectivity index is 0.000000397. The molecule has 0 fully saturated rings. The van der Waals surface area contributed by atoms with E-state index in [0.29, 0.717) is 6.61 Å². The lowest BCUT2D eigenvalue weighted by atomic mass is 10.0. The van der Waals surface area contributed by atoms with E-state index in [1.165, 1.54) is 30.7 Å². The van der Waals surface area contributed by atoms with Crippen LogP contribution in [0.4, 0.5) is 39.5 Å². The van der Waals surface area contributed by atoms with Gasteiger partial charge in [0.15, 0.2) is 24.8 Å². The number of hydrogen-bond donors (Lipinski definition) is 0. The molecule has 0 heterocycles. The second-order valence-electron chi connectivity index (χ2n) is 14.4. The Morgan fingerprint density at radius 3 is 1.65 bits per heavy atom. The highest BCUT2D eigenvalue weighted by Crippen LogP contribution is 2.54. The summed E-state index contributed by atoms with van der Waals surface area (Å²) in [5.41, 5.74) is 4.72. The summed E-state index contributed by atoms with van der Waals surface area (Å²) in [4.78, 5) is 6.01. The van der Waals surface area contributed by atoms with Crippen molar-refractivity contribution in [2.24, 2.45) is 0 Å². The summed E-state index contributed by atoms with van der Waals surface area (Å²) in [6.45, 7) is 7.21. The maximum absolute atomic E-state index is 12.2. The Bertz CT molecular complexity index is 2560. The fraction of sp³-hybridized carbons (Fsp3) is 0.250. The lowest BCUT2D eigenvalue weighted by Crippen LogP contribution is -2.63. The van der Waals surface area contributed by atoms with E-state index in [9.17, 15) is 52.5 Å². The highest BCUT2D eigenvalue weighted by atomic mass is 32.2. The first kappa shape index (κ1) is 50.9. The number of hydrogen-bond acceptors (Lipinski definition) is 6. The monoisotopic (exact) mass is 966 g/mol. The van der Waals surface area contributed by atoms with Crippen LogP contribution in [-0.4, -0.2) is 49.0 Å². The maximum atomic E-state index is 12.2. The Kier molecular flexibility index (Phi) is 16.8. The minimum atomic E-state index is -7.43. The van der Waals surface area contributed by atoms with Crippen LogP contribution in [0.5, 0.6) is 11.5 Å². The fourth-order valence-corrected chi connectivity index (χ4v) is 9.40. The SMILES string of the molecule is CCCCOc1cc([S+](c2ccccc2)c2ccc(-c3ccccc3)c(OC(C)CC)c2)ccc1Sc1ccc(-c2ccccc2)cc1.O=S(=O)([O-])C(F)(F)C(F)(F)C(F)(F)C(F)(F)F. The van der Waals surface area contributed by atoms with Gasteiger partial charge in [-0.25, -0.2) is 8.42 Å². The minimum Gasteiger partial charge on any atom is -0.743 e. The zero-order valence-corrected chi connectivity index (χ0v) is 37.5. The van der Waals surface area contributed by atoms with Crippen LogP contribution in [0.1, 0.15) is 40.0 Å². The van der Waals surface area contributed by atoms with E-state index in [1.807, 2.05) is 0 Å². The van der Waals surface area contributed by atoms with Crippen molar-refractivity contribution >= 4 is 32.8 Å². The van der Waals surface area contributed by atoms with Crippen molar-refractivity contribution in [1.82, 2.24) is 0 Å². The van der Waals surface area contributed by atoms with Crippen molar-refractivity contribution < 1.29 is 62.0 Å². The van der Waals surface area contributed by atoms with Crippen LogP contribution < -0.4 is 9.47 Å². The quantitative estimate of drug-likeness (QED) is 0.0392. The summed E-state index contributed by atoms with van der Waals surface area (Å²) in [6, 6.07) is 54.3. The number of benzene rings is 6. The lowest BCUT2D eigenvalue weighted by Gasteiger charge is -2.34. The Morgan fingerprint density at radius 2 is 1.12 bits per heavy atom. The van der Waals surface area contributed by atoms with E-state index in [-0.39, 0.29) is 17.0 Å². The molecule has 0 amide bonds. The molecule has 0 spiro atoms. The van der Waals surface area contributed by atoms with Crippen molar-refractivity contribution in [2.75, 3.05) is 6.61 Å². The molecule has 0 aliphatic rings. The van der Waals surface area contributed by atoms with Gasteiger partial charge in [-0.3, -0.25) is 0 Å². The molecule has 2 atom stereocenters. The third-order valence-electron chi connectivity index (χ3n) is 9.68. The molecule has 0 saturated heterocycles. The molecular formula is C48H43F9O5S3. The van der Waals surface area contributed by atoms with Crippen molar-refractivity contribution in [3.63, 3.8) is 0 Å². The van der Waals surface area contributed by atoms with Gasteiger partial charge in [0, 0.05) is 22.6 Å². The summed E-state index contributed by atoms with van der Waals surface area (Å²) in [5.74, 6) is -13.0. The van der Waals surface area contributed by atoms with Crippen LogP contribution in [0.3, 0.4) is 0 Å². The topological polar surface area (TPSA) is 75.7 Å². The van der Waals surface area contributed by atoms with E-state index < -0.39 is 33.4 Å². The molecule has 5 nitrogen and oxygen atoms in total. The Morgan fingerprint density at radius 1 is 0.615 bits per heavy atom. The van der Waals surface area contributed by atoms with Gasteiger partial charge in [-0.15, -0.1) is 0 Å².